The van der Waals surface area contributed by atoms with Gasteiger partial charge in [0.1, 0.15) is 0 Å². The molecule has 0 aliphatic carbocycles. The summed E-state index contributed by atoms with van der Waals surface area (Å²) in [5, 5.41) is 6.05. The number of imidazole rings is 1. The zero-order valence-corrected chi connectivity index (χ0v) is 16.7. The van der Waals surface area contributed by atoms with Crippen LogP contribution in [0.4, 0.5) is 21.5 Å². The standard InChI is InChI=1S/C21H24FN7O/c1-13-11-29-12-14(10-17(22)20(29)26-13)27-21(30)16-2-3-18(19(24)15(16)4-5-23)28-8-6-25-7-9-28/h2-5,10-12,25H,6-9,23-24H2,1H3,(H,27,30)/b5-4-. The summed E-state index contributed by atoms with van der Waals surface area (Å²) in [6.45, 7) is 5.16. The number of anilines is 3. The van der Waals surface area contributed by atoms with E-state index in [0.717, 1.165) is 31.9 Å². The molecule has 30 heavy (non-hydrogen) atoms. The third-order valence-electron chi connectivity index (χ3n) is 5.11. The first kappa shape index (κ1) is 19.7. The number of pyridine rings is 1. The van der Waals surface area contributed by atoms with Crippen LogP contribution in [0.15, 0.2) is 36.8 Å². The van der Waals surface area contributed by atoms with Gasteiger partial charge in [0.2, 0.25) is 0 Å². The van der Waals surface area contributed by atoms with E-state index in [2.05, 4.69) is 20.5 Å². The molecular weight excluding hydrogens is 385 g/mol. The summed E-state index contributed by atoms with van der Waals surface area (Å²) < 4.78 is 15.9. The first-order valence-electron chi connectivity index (χ1n) is 9.70. The van der Waals surface area contributed by atoms with Gasteiger partial charge in [0, 0.05) is 55.8 Å². The van der Waals surface area contributed by atoms with Gasteiger partial charge in [-0.1, -0.05) is 0 Å². The van der Waals surface area contributed by atoms with Crippen molar-refractivity contribution in [1.82, 2.24) is 14.7 Å². The van der Waals surface area contributed by atoms with Gasteiger partial charge >= 0.3 is 0 Å². The second kappa shape index (κ2) is 8.03. The second-order valence-electron chi connectivity index (χ2n) is 7.20. The van der Waals surface area contributed by atoms with Crippen LogP contribution < -0.4 is 27.0 Å². The first-order valence-corrected chi connectivity index (χ1v) is 9.70. The van der Waals surface area contributed by atoms with Gasteiger partial charge in [-0.15, -0.1) is 0 Å². The fourth-order valence-corrected chi connectivity index (χ4v) is 3.73. The fraction of sp³-hybridized carbons (Fsp3) is 0.238. The summed E-state index contributed by atoms with van der Waals surface area (Å²) in [4.78, 5) is 19.3. The lowest BCUT2D eigenvalue weighted by Gasteiger charge is -2.31. The molecule has 1 aromatic carbocycles. The van der Waals surface area contributed by atoms with E-state index < -0.39 is 11.7 Å². The monoisotopic (exact) mass is 409 g/mol. The van der Waals surface area contributed by atoms with Crippen LogP contribution in [0, 0.1) is 12.7 Å². The molecule has 3 heterocycles. The number of nitrogens with zero attached hydrogens (tertiary/aromatic N) is 3. The Kier molecular flexibility index (Phi) is 5.28. The molecule has 0 radical (unpaired) electrons. The van der Waals surface area contributed by atoms with E-state index in [0.29, 0.717) is 28.2 Å². The average molecular weight is 409 g/mol. The number of nitrogens with one attached hydrogen (secondary N) is 2. The molecule has 0 unspecified atom stereocenters. The number of nitrogens with two attached hydrogens (primary N) is 2. The van der Waals surface area contributed by atoms with Crippen molar-refractivity contribution in [3.63, 3.8) is 0 Å². The average Bonchev–Trinajstić information content (AvgIpc) is 3.11. The van der Waals surface area contributed by atoms with Crippen molar-refractivity contribution in [1.29, 1.82) is 0 Å². The fourth-order valence-electron chi connectivity index (χ4n) is 3.73. The van der Waals surface area contributed by atoms with Crippen LogP contribution in [-0.4, -0.2) is 41.5 Å². The Morgan fingerprint density at radius 1 is 1.30 bits per heavy atom. The number of rotatable bonds is 4. The molecule has 156 valence electrons. The van der Waals surface area contributed by atoms with E-state index in [1.807, 2.05) is 6.07 Å². The molecule has 3 aromatic rings. The predicted octanol–water partition coefficient (Wildman–Crippen LogP) is 1.96. The Morgan fingerprint density at radius 3 is 2.80 bits per heavy atom. The van der Waals surface area contributed by atoms with E-state index in [9.17, 15) is 9.18 Å². The molecular formula is C21H24FN7O. The molecule has 9 heteroatoms. The number of hydrogen-bond donors (Lipinski definition) is 4. The number of benzene rings is 1. The van der Waals surface area contributed by atoms with Crippen LogP contribution in [-0.2, 0) is 0 Å². The maximum absolute atomic E-state index is 14.3. The van der Waals surface area contributed by atoms with Crippen molar-refractivity contribution < 1.29 is 9.18 Å². The quantitative estimate of drug-likeness (QED) is 0.490. The highest BCUT2D eigenvalue weighted by atomic mass is 19.1. The first-order chi connectivity index (χ1) is 14.5. The third-order valence-corrected chi connectivity index (χ3v) is 5.11. The van der Waals surface area contributed by atoms with Crippen LogP contribution in [0.2, 0.25) is 0 Å². The zero-order chi connectivity index (χ0) is 21.3. The molecule has 1 fully saturated rings. The summed E-state index contributed by atoms with van der Waals surface area (Å²) in [6.07, 6.45) is 6.27. The van der Waals surface area contributed by atoms with E-state index in [-0.39, 0.29) is 5.65 Å². The SMILES string of the molecule is Cc1cn2cc(NC(=O)c3ccc(N4CCNCC4)c(N)c3/C=C\N)cc(F)c2n1. The highest BCUT2D eigenvalue weighted by Gasteiger charge is 2.20. The third kappa shape index (κ3) is 3.67. The van der Waals surface area contributed by atoms with Crippen molar-refractivity contribution in [2.75, 3.05) is 42.1 Å². The van der Waals surface area contributed by atoms with Gasteiger partial charge in [-0.25, -0.2) is 9.37 Å². The second-order valence-corrected chi connectivity index (χ2v) is 7.20. The molecule has 4 rings (SSSR count). The summed E-state index contributed by atoms with van der Waals surface area (Å²) >= 11 is 0. The number of fused-ring (bicyclic) bond motifs is 1. The molecule has 1 aliphatic rings. The number of aromatic nitrogens is 2. The van der Waals surface area contributed by atoms with Crippen LogP contribution in [0.25, 0.3) is 11.7 Å². The van der Waals surface area contributed by atoms with Crippen LogP contribution in [0.3, 0.4) is 0 Å². The topological polar surface area (TPSA) is 114 Å². The van der Waals surface area contributed by atoms with Gasteiger partial charge in [0.25, 0.3) is 5.91 Å². The minimum absolute atomic E-state index is 0.210. The van der Waals surface area contributed by atoms with Crippen molar-refractivity contribution in [3.05, 3.63) is 59.4 Å². The molecule has 0 atom stereocenters. The minimum atomic E-state index is -0.517. The predicted molar refractivity (Wildman–Crippen MR) is 117 cm³/mol. The van der Waals surface area contributed by atoms with Crippen molar-refractivity contribution >= 4 is 34.7 Å². The van der Waals surface area contributed by atoms with Crippen LogP contribution in [0.1, 0.15) is 21.6 Å². The molecule has 1 aliphatic heterocycles. The van der Waals surface area contributed by atoms with Crippen LogP contribution >= 0.6 is 0 Å². The zero-order valence-electron chi connectivity index (χ0n) is 16.7. The highest BCUT2D eigenvalue weighted by Crippen LogP contribution is 2.31. The van der Waals surface area contributed by atoms with Gasteiger partial charge < -0.3 is 31.4 Å². The van der Waals surface area contributed by atoms with E-state index in [4.69, 9.17) is 11.5 Å². The van der Waals surface area contributed by atoms with Gasteiger partial charge in [-0.05, 0) is 31.3 Å². The molecule has 2 aromatic heterocycles. The molecule has 6 N–H and O–H groups in total. The highest BCUT2D eigenvalue weighted by molar-refractivity contribution is 6.08. The molecule has 1 amide bonds. The Labute approximate surface area is 173 Å². The van der Waals surface area contributed by atoms with Crippen molar-refractivity contribution in [2.45, 2.75) is 6.92 Å². The van der Waals surface area contributed by atoms with Gasteiger partial charge in [0.15, 0.2) is 11.5 Å². The largest absolute Gasteiger partial charge is 0.405 e. The smallest absolute Gasteiger partial charge is 0.256 e. The maximum atomic E-state index is 14.3. The Balaban J connectivity index is 1.67. The Bertz CT molecular complexity index is 1130. The normalized spacial score (nSPS) is 14.5. The van der Waals surface area contributed by atoms with Gasteiger partial charge in [0.05, 0.1) is 22.8 Å². The Hall–Kier alpha value is -3.59. The van der Waals surface area contributed by atoms with Crippen LogP contribution in [0.5, 0.6) is 0 Å². The molecule has 1 saturated heterocycles. The number of halogens is 1. The molecule has 8 nitrogen and oxygen atoms in total. The molecule has 0 saturated carbocycles. The van der Waals surface area contributed by atoms with Gasteiger partial charge in [-0.2, -0.15) is 0 Å². The number of carbonyl (C=O) groups is 1. The maximum Gasteiger partial charge on any atom is 0.256 e. The summed E-state index contributed by atoms with van der Waals surface area (Å²) in [5.74, 6) is -0.922. The number of carbonyl (C=O) groups excluding carboxylic acids is 1. The number of hydrogen-bond acceptors (Lipinski definition) is 6. The number of aryl methyl sites for hydroxylation is 1. The Morgan fingerprint density at radius 2 is 2.07 bits per heavy atom. The van der Waals surface area contributed by atoms with Gasteiger partial charge in [-0.3, -0.25) is 4.79 Å². The minimum Gasteiger partial charge on any atom is -0.405 e. The number of amides is 1. The number of nitrogen functional groups attached to an aromatic ring is 1. The van der Waals surface area contributed by atoms with E-state index >= 15 is 0 Å². The summed E-state index contributed by atoms with van der Waals surface area (Å²) in [7, 11) is 0. The van der Waals surface area contributed by atoms with E-state index in [1.165, 1.54) is 12.3 Å². The van der Waals surface area contributed by atoms with Crippen molar-refractivity contribution in [2.24, 2.45) is 5.73 Å². The van der Waals surface area contributed by atoms with Crippen molar-refractivity contribution in [3.8, 4) is 0 Å². The lowest BCUT2D eigenvalue weighted by atomic mass is 10.0. The molecule has 0 bridgehead atoms. The summed E-state index contributed by atoms with van der Waals surface area (Å²) in [6, 6.07) is 4.80. The summed E-state index contributed by atoms with van der Waals surface area (Å²) in [5.41, 5.74) is 15.5. The number of piperazine rings is 1. The lowest BCUT2D eigenvalue weighted by Crippen LogP contribution is -2.43. The molecule has 0 spiro atoms. The van der Waals surface area contributed by atoms with E-state index in [1.54, 1.807) is 35.9 Å². The lowest BCUT2D eigenvalue weighted by molar-refractivity contribution is 0.102.